The van der Waals surface area contributed by atoms with Crippen LogP contribution in [0.5, 0.6) is 5.75 Å². The zero-order valence-corrected chi connectivity index (χ0v) is 12.3. The van der Waals surface area contributed by atoms with E-state index in [0.717, 1.165) is 22.0 Å². The number of thiazole rings is 1. The van der Waals surface area contributed by atoms with Crippen LogP contribution in [-0.2, 0) is 0 Å². The summed E-state index contributed by atoms with van der Waals surface area (Å²) in [6.07, 6.45) is 0. The quantitative estimate of drug-likeness (QED) is 0.688. The Morgan fingerprint density at radius 1 is 1.00 bits per heavy atom. The number of aryl methyl sites for hydroxylation is 1. The highest BCUT2D eigenvalue weighted by atomic mass is 32.1. The number of ether oxygens (including phenoxy) is 1. The number of aromatic nitrogens is 1. The Bertz CT molecular complexity index is 716. The minimum Gasteiger partial charge on any atom is -0.497 e. The molecule has 0 spiro atoms. The van der Waals surface area contributed by atoms with Crippen molar-refractivity contribution >= 4 is 11.3 Å². The summed E-state index contributed by atoms with van der Waals surface area (Å²) in [5, 5.41) is 3.16. The first-order valence-corrected chi connectivity index (χ1v) is 7.32. The van der Waals surface area contributed by atoms with Crippen LogP contribution in [0.4, 0.5) is 0 Å². The molecule has 2 nitrogen and oxygen atoms in total. The number of benzene rings is 2. The van der Waals surface area contributed by atoms with Gasteiger partial charge in [0.2, 0.25) is 0 Å². The molecule has 0 fully saturated rings. The SMILES string of the molecule is COc1ccc(-c2csc(-c3ccccc3C)n2)cc1. The maximum absolute atomic E-state index is 5.18. The van der Waals surface area contributed by atoms with Crippen molar-refractivity contribution in [3.63, 3.8) is 0 Å². The molecule has 0 saturated carbocycles. The van der Waals surface area contributed by atoms with Gasteiger partial charge < -0.3 is 4.74 Å². The molecule has 3 aromatic rings. The molecule has 1 heterocycles. The van der Waals surface area contributed by atoms with E-state index >= 15 is 0 Å². The van der Waals surface area contributed by atoms with Gasteiger partial charge in [-0.15, -0.1) is 11.3 Å². The topological polar surface area (TPSA) is 22.1 Å². The third kappa shape index (κ3) is 2.45. The van der Waals surface area contributed by atoms with Crippen molar-refractivity contribution in [3.8, 4) is 27.6 Å². The number of hydrogen-bond donors (Lipinski definition) is 0. The number of nitrogens with zero attached hydrogens (tertiary/aromatic N) is 1. The van der Waals surface area contributed by atoms with Gasteiger partial charge in [-0.1, -0.05) is 24.3 Å². The Balaban J connectivity index is 1.95. The molecule has 0 radical (unpaired) electrons. The zero-order valence-electron chi connectivity index (χ0n) is 11.5. The molecule has 2 aromatic carbocycles. The predicted molar refractivity (Wildman–Crippen MR) is 84.3 cm³/mol. The summed E-state index contributed by atoms with van der Waals surface area (Å²) in [4.78, 5) is 4.74. The highest BCUT2D eigenvalue weighted by molar-refractivity contribution is 7.13. The van der Waals surface area contributed by atoms with E-state index in [-0.39, 0.29) is 0 Å². The van der Waals surface area contributed by atoms with Gasteiger partial charge in [0.1, 0.15) is 10.8 Å². The van der Waals surface area contributed by atoms with Crippen LogP contribution < -0.4 is 4.74 Å². The number of methoxy groups -OCH3 is 1. The van der Waals surface area contributed by atoms with Crippen LogP contribution in [0.2, 0.25) is 0 Å². The monoisotopic (exact) mass is 281 g/mol. The standard InChI is InChI=1S/C17H15NOS/c1-12-5-3-4-6-15(12)17-18-16(11-20-17)13-7-9-14(19-2)10-8-13/h3-11H,1-2H3. The molecule has 0 aliphatic rings. The molecule has 0 saturated heterocycles. The molecule has 0 unspecified atom stereocenters. The summed E-state index contributed by atoms with van der Waals surface area (Å²) in [7, 11) is 1.67. The molecule has 100 valence electrons. The Hall–Kier alpha value is -2.13. The van der Waals surface area contributed by atoms with Crippen LogP contribution in [0.15, 0.2) is 53.9 Å². The van der Waals surface area contributed by atoms with Crippen LogP contribution in [0, 0.1) is 6.92 Å². The van der Waals surface area contributed by atoms with Gasteiger partial charge in [0.15, 0.2) is 0 Å². The molecule has 20 heavy (non-hydrogen) atoms. The highest BCUT2D eigenvalue weighted by Gasteiger charge is 2.08. The number of rotatable bonds is 3. The average Bonchev–Trinajstić information content (AvgIpc) is 2.97. The molecule has 0 aliphatic carbocycles. The van der Waals surface area contributed by atoms with Crippen molar-refractivity contribution in [3.05, 3.63) is 59.5 Å². The Morgan fingerprint density at radius 3 is 2.45 bits per heavy atom. The summed E-state index contributed by atoms with van der Waals surface area (Å²) in [6, 6.07) is 16.3. The predicted octanol–water partition coefficient (Wildman–Crippen LogP) is 4.79. The summed E-state index contributed by atoms with van der Waals surface area (Å²) >= 11 is 1.68. The average molecular weight is 281 g/mol. The van der Waals surface area contributed by atoms with Crippen molar-refractivity contribution in [1.29, 1.82) is 0 Å². The summed E-state index contributed by atoms with van der Waals surface area (Å²) < 4.78 is 5.18. The van der Waals surface area contributed by atoms with Crippen LogP contribution in [0.25, 0.3) is 21.8 Å². The Morgan fingerprint density at radius 2 is 1.75 bits per heavy atom. The zero-order chi connectivity index (χ0) is 13.9. The first kappa shape index (κ1) is 12.9. The van der Waals surface area contributed by atoms with Gasteiger partial charge in [0.25, 0.3) is 0 Å². The molecular weight excluding hydrogens is 266 g/mol. The van der Waals surface area contributed by atoms with E-state index in [2.05, 4.69) is 36.6 Å². The van der Waals surface area contributed by atoms with E-state index in [0.29, 0.717) is 0 Å². The largest absolute Gasteiger partial charge is 0.497 e. The highest BCUT2D eigenvalue weighted by Crippen LogP contribution is 2.31. The van der Waals surface area contributed by atoms with Crippen molar-refractivity contribution < 1.29 is 4.74 Å². The first-order valence-electron chi connectivity index (χ1n) is 6.44. The third-order valence-electron chi connectivity index (χ3n) is 3.27. The smallest absolute Gasteiger partial charge is 0.124 e. The van der Waals surface area contributed by atoms with Gasteiger partial charge in [-0.05, 0) is 36.8 Å². The first-order chi connectivity index (χ1) is 9.78. The molecule has 0 amide bonds. The Kier molecular flexibility index (Phi) is 3.52. The fraction of sp³-hybridized carbons (Fsp3) is 0.118. The minimum atomic E-state index is 0.864. The van der Waals surface area contributed by atoms with Crippen LogP contribution >= 0.6 is 11.3 Å². The van der Waals surface area contributed by atoms with Crippen LogP contribution in [-0.4, -0.2) is 12.1 Å². The van der Waals surface area contributed by atoms with E-state index in [4.69, 9.17) is 9.72 Å². The van der Waals surface area contributed by atoms with Crippen molar-refractivity contribution in [2.24, 2.45) is 0 Å². The summed E-state index contributed by atoms with van der Waals surface area (Å²) in [5.74, 6) is 0.864. The van der Waals surface area contributed by atoms with Gasteiger partial charge in [-0.25, -0.2) is 4.98 Å². The lowest BCUT2D eigenvalue weighted by Gasteiger charge is -2.02. The van der Waals surface area contributed by atoms with Gasteiger partial charge in [0.05, 0.1) is 12.8 Å². The number of hydrogen-bond acceptors (Lipinski definition) is 3. The molecule has 3 heteroatoms. The van der Waals surface area contributed by atoms with E-state index in [1.807, 2.05) is 24.3 Å². The fourth-order valence-electron chi connectivity index (χ4n) is 2.10. The molecule has 0 aliphatic heterocycles. The van der Waals surface area contributed by atoms with E-state index in [1.165, 1.54) is 11.1 Å². The van der Waals surface area contributed by atoms with Gasteiger partial charge in [-0.3, -0.25) is 0 Å². The summed E-state index contributed by atoms with van der Waals surface area (Å²) in [6.45, 7) is 2.11. The second-order valence-corrected chi connectivity index (χ2v) is 5.44. The normalized spacial score (nSPS) is 10.5. The second-order valence-electron chi connectivity index (χ2n) is 4.58. The lowest BCUT2D eigenvalue weighted by molar-refractivity contribution is 0.415. The fourth-order valence-corrected chi connectivity index (χ4v) is 3.02. The third-order valence-corrected chi connectivity index (χ3v) is 4.14. The van der Waals surface area contributed by atoms with E-state index in [1.54, 1.807) is 18.4 Å². The van der Waals surface area contributed by atoms with Gasteiger partial charge in [0, 0.05) is 16.5 Å². The lowest BCUT2D eigenvalue weighted by Crippen LogP contribution is -1.84. The van der Waals surface area contributed by atoms with Crippen molar-refractivity contribution in [1.82, 2.24) is 4.98 Å². The molecule has 1 aromatic heterocycles. The molecule has 0 atom stereocenters. The molecule has 3 rings (SSSR count). The van der Waals surface area contributed by atoms with Gasteiger partial charge >= 0.3 is 0 Å². The van der Waals surface area contributed by atoms with E-state index in [9.17, 15) is 0 Å². The van der Waals surface area contributed by atoms with Gasteiger partial charge in [-0.2, -0.15) is 0 Å². The Labute approximate surface area is 122 Å². The molecule has 0 bridgehead atoms. The van der Waals surface area contributed by atoms with Crippen LogP contribution in [0.3, 0.4) is 0 Å². The summed E-state index contributed by atoms with van der Waals surface area (Å²) in [5.41, 5.74) is 4.58. The van der Waals surface area contributed by atoms with E-state index < -0.39 is 0 Å². The maximum atomic E-state index is 5.18. The minimum absolute atomic E-state index is 0.864. The lowest BCUT2D eigenvalue weighted by atomic mass is 10.1. The van der Waals surface area contributed by atoms with Crippen LogP contribution in [0.1, 0.15) is 5.56 Å². The maximum Gasteiger partial charge on any atom is 0.124 e. The molecular formula is C17H15NOS. The molecule has 0 N–H and O–H groups in total. The van der Waals surface area contributed by atoms with Crippen molar-refractivity contribution in [2.75, 3.05) is 7.11 Å². The van der Waals surface area contributed by atoms with Crippen molar-refractivity contribution in [2.45, 2.75) is 6.92 Å². The second kappa shape index (κ2) is 5.47.